The fraction of sp³-hybridized carbons (Fsp3) is 0.417. The Balaban J connectivity index is 2.17. The zero-order chi connectivity index (χ0) is 9.80. The van der Waals surface area contributed by atoms with Gasteiger partial charge in [-0.2, -0.15) is 0 Å². The van der Waals surface area contributed by atoms with Gasteiger partial charge in [0.25, 0.3) is 0 Å². The van der Waals surface area contributed by atoms with Gasteiger partial charge < -0.3 is 10.1 Å². The van der Waals surface area contributed by atoms with Crippen molar-refractivity contribution < 1.29 is 4.79 Å². The van der Waals surface area contributed by atoms with Gasteiger partial charge in [-0.05, 0) is 30.4 Å². The number of hydrogen-bond acceptors (Lipinski definition) is 2. The molecule has 2 nitrogen and oxygen atoms in total. The molecule has 0 radical (unpaired) electrons. The van der Waals surface area contributed by atoms with Gasteiger partial charge in [0.2, 0.25) is 0 Å². The van der Waals surface area contributed by atoms with Crippen LogP contribution in [-0.2, 0) is 11.2 Å². The van der Waals surface area contributed by atoms with Crippen LogP contribution in [-0.4, -0.2) is 12.8 Å². The lowest BCUT2D eigenvalue weighted by Gasteiger charge is -2.25. The molecule has 0 aliphatic heterocycles. The number of rotatable bonds is 3. The molecule has 0 saturated heterocycles. The standard InChI is InChI=1S/C12H15NO/c14-9-8-13-12-7-3-5-10-4-1-2-6-11(10)12/h1-2,4,6,9,12-13H,3,5,7-8H2. The monoisotopic (exact) mass is 189 g/mol. The van der Waals surface area contributed by atoms with Gasteiger partial charge in [-0.3, -0.25) is 0 Å². The number of aldehydes is 1. The van der Waals surface area contributed by atoms with E-state index in [2.05, 4.69) is 29.6 Å². The average Bonchev–Trinajstić information content (AvgIpc) is 2.26. The molecule has 0 spiro atoms. The zero-order valence-electron chi connectivity index (χ0n) is 8.20. The van der Waals surface area contributed by atoms with Gasteiger partial charge in [0.15, 0.2) is 0 Å². The van der Waals surface area contributed by atoms with Crippen LogP contribution in [0.2, 0.25) is 0 Å². The molecule has 1 aliphatic rings. The normalized spacial score (nSPS) is 20.1. The summed E-state index contributed by atoms with van der Waals surface area (Å²) in [5.41, 5.74) is 2.81. The minimum atomic E-state index is 0.380. The molecule has 0 aromatic heterocycles. The van der Waals surface area contributed by atoms with Gasteiger partial charge in [-0.1, -0.05) is 24.3 Å². The van der Waals surface area contributed by atoms with E-state index >= 15 is 0 Å². The molecule has 0 fully saturated rings. The first-order valence-electron chi connectivity index (χ1n) is 5.16. The summed E-state index contributed by atoms with van der Waals surface area (Å²) in [5.74, 6) is 0. The summed E-state index contributed by atoms with van der Waals surface area (Å²) >= 11 is 0. The summed E-state index contributed by atoms with van der Waals surface area (Å²) in [6, 6.07) is 8.88. The van der Waals surface area contributed by atoms with Gasteiger partial charge in [-0.15, -0.1) is 0 Å². The largest absolute Gasteiger partial charge is 0.303 e. The zero-order valence-corrected chi connectivity index (χ0v) is 8.20. The van der Waals surface area contributed by atoms with Crippen LogP contribution in [0.4, 0.5) is 0 Å². The van der Waals surface area contributed by atoms with Crippen LogP contribution in [0.1, 0.15) is 30.0 Å². The third-order valence-electron chi connectivity index (χ3n) is 2.82. The molecule has 1 atom stereocenters. The number of fused-ring (bicyclic) bond motifs is 1. The maximum atomic E-state index is 10.3. The summed E-state index contributed by atoms with van der Waals surface area (Å²) < 4.78 is 0. The van der Waals surface area contributed by atoms with Crippen LogP contribution in [0.15, 0.2) is 24.3 Å². The number of carbonyl (C=O) groups is 1. The lowest BCUT2D eigenvalue weighted by atomic mass is 9.88. The number of benzene rings is 1. The van der Waals surface area contributed by atoms with Crippen LogP contribution >= 0.6 is 0 Å². The molecule has 1 unspecified atom stereocenters. The Hall–Kier alpha value is -1.15. The SMILES string of the molecule is O=CCNC1CCCc2ccccc21. The first-order valence-corrected chi connectivity index (χ1v) is 5.16. The van der Waals surface area contributed by atoms with E-state index in [1.54, 1.807) is 0 Å². The van der Waals surface area contributed by atoms with E-state index < -0.39 is 0 Å². The minimum absolute atomic E-state index is 0.380. The van der Waals surface area contributed by atoms with Gasteiger partial charge in [-0.25, -0.2) is 0 Å². The molecule has 2 heteroatoms. The quantitative estimate of drug-likeness (QED) is 0.735. The molecule has 0 heterocycles. The summed E-state index contributed by atoms with van der Waals surface area (Å²) in [4.78, 5) is 10.3. The van der Waals surface area contributed by atoms with Crippen molar-refractivity contribution in [2.45, 2.75) is 25.3 Å². The van der Waals surface area contributed by atoms with E-state index in [1.807, 2.05) is 0 Å². The highest BCUT2D eigenvalue weighted by Crippen LogP contribution is 2.28. The number of nitrogens with one attached hydrogen (secondary N) is 1. The molecule has 1 N–H and O–H groups in total. The fourth-order valence-electron chi connectivity index (χ4n) is 2.16. The molecule has 1 aliphatic carbocycles. The molecular weight excluding hydrogens is 174 g/mol. The third-order valence-corrected chi connectivity index (χ3v) is 2.82. The van der Waals surface area contributed by atoms with Crippen LogP contribution in [0.3, 0.4) is 0 Å². The van der Waals surface area contributed by atoms with Crippen LogP contribution < -0.4 is 5.32 Å². The second-order valence-corrected chi connectivity index (χ2v) is 3.72. The Kier molecular flexibility index (Phi) is 2.94. The first-order chi connectivity index (χ1) is 6.92. The van der Waals surface area contributed by atoms with E-state index in [0.29, 0.717) is 12.6 Å². The number of carbonyl (C=O) groups excluding carboxylic acids is 1. The molecule has 0 amide bonds. The lowest BCUT2D eigenvalue weighted by molar-refractivity contribution is -0.107. The predicted molar refractivity (Wildman–Crippen MR) is 56.2 cm³/mol. The highest BCUT2D eigenvalue weighted by molar-refractivity contribution is 5.52. The van der Waals surface area contributed by atoms with Crippen molar-refractivity contribution in [2.24, 2.45) is 0 Å². The van der Waals surface area contributed by atoms with Crippen LogP contribution in [0.5, 0.6) is 0 Å². The molecular formula is C12H15NO. The maximum absolute atomic E-state index is 10.3. The van der Waals surface area contributed by atoms with Crippen molar-refractivity contribution in [2.75, 3.05) is 6.54 Å². The van der Waals surface area contributed by atoms with Gasteiger partial charge in [0.05, 0.1) is 6.54 Å². The van der Waals surface area contributed by atoms with Gasteiger partial charge in [0.1, 0.15) is 6.29 Å². The van der Waals surface area contributed by atoms with Crippen molar-refractivity contribution in [3.63, 3.8) is 0 Å². The number of hydrogen-bond donors (Lipinski definition) is 1. The average molecular weight is 189 g/mol. The second-order valence-electron chi connectivity index (χ2n) is 3.72. The van der Waals surface area contributed by atoms with Crippen molar-refractivity contribution >= 4 is 6.29 Å². The van der Waals surface area contributed by atoms with E-state index in [9.17, 15) is 4.79 Å². The second kappa shape index (κ2) is 4.38. The Morgan fingerprint density at radius 2 is 2.29 bits per heavy atom. The van der Waals surface area contributed by atoms with E-state index in [4.69, 9.17) is 0 Å². The number of aryl methyl sites for hydroxylation is 1. The van der Waals surface area contributed by atoms with Crippen molar-refractivity contribution in [3.05, 3.63) is 35.4 Å². The molecule has 0 bridgehead atoms. The molecule has 2 rings (SSSR count). The fourth-order valence-corrected chi connectivity index (χ4v) is 2.16. The topological polar surface area (TPSA) is 29.1 Å². The predicted octanol–water partition coefficient (Wildman–Crippen LogP) is 1.85. The van der Waals surface area contributed by atoms with E-state index in [-0.39, 0.29) is 0 Å². The Bertz CT molecular complexity index is 322. The summed E-state index contributed by atoms with van der Waals surface area (Å²) in [5, 5.41) is 3.26. The van der Waals surface area contributed by atoms with Gasteiger partial charge >= 0.3 is 0 Å². The van der Waals surface area contributed by atoms with Crippen LogP contribution in [0, 0.1) is 0 Å². The third kappa shape index (κ3) is 1.85. The molecule has 0 saturated carbocycles. The lowest BCUT2D eigenvalue weighted by Crippen LogP contribution is -2.26. The summed E-state index contributed by atoms with van der Waals surface area (Å²) in [6.07, 6.45) is 4.46. The Morgan fingerprint density at radius 1 is 1.43 bits per heavy atom. The summed E-state index contributed by atoms with van der Waals surface area (Å²) in [7, 11) is 0. The van der Waals surface area contributed by atoms with Crippen molar-refractivity contribution in [1.82, 2.24) is 5.32 Å². The molecule has 1 aromatic carbocycles. The summed E-state index contributed by atoms with van der Waals surface area (Å²) in [6.45, 7) is 0.457. The van der Waals surface area contributed by atoms with Gasteiger partial charge in [0, 0.05) is 6.04 Å². The molecule has 14 heavy (non-hydrogen) atoms. The highest BCUT2D eigenvalue weighted by atomic mass is 16.1. The smallest absolute Gasteiger partial charge is 0.133 e. The van der Waals surface area contributed by atoms with E-state index in [1.165, 1.54) is 24.0 Å². The minimum Gasteiger partial charge on any atom is -0.303 e. The Morgan fingerprint density at radius 3 is 3.14 bits per heavy atom. The van der Waals surface area contributed by atoms with Crippen molar-refractivity contribution in [3.8, 4) is 0 Å². The highest BCUT2D eigenvalue weighted by Gasteiger charge is 2.18. The molecule has 1 aromatic rings. The Labute approximate surface area is 84.3 Å². The van der Waals surface area contributed by atoms with E-state index in [0.717, 1.165) is 12.7 Å². The first kappa shape index (κ1) is 9.41. The van der Waals surface area contributed by atoms with Crippen LogP contribution in [0.25, 0.3) is 0 Å². The van der Waals surface area contributed by atoms with Crippen molar-refractivity contribution in [1.29, 1.82) is 0 Å². The maximum Gasteiger partial charge on any atom is 0.133 e. The molecule has 74 valence electrons.